The first-order chi connectivity index (χ1) is 12.2. The van der Waals surface area contributed by atoms with Crippen LogP contribution in [-0.2, 0) is 30.5 Å². The number of alkyl halides is 3. The van der Waals surface area contributed by atoms with Crippen molar-refractivity contribution in [3.8, 4) is 0 Å². The third-order valence-electron chi connectivity index (χ3n) is 4.29. The molecule has 1 aromatic heterocycles. The van der Waals surface area contributed by atoms with Gasteiger partial charge in [0.2, 0.25) is 5.91 Å². The Balaban J connectivity index is 1.54. The van der Waals surface area contributed by atoms with Gasteiger partial charge in [0.1, 0.15) is 5.82 Å². The molecule has 0 bridgehead atoms. The monoisotopic (exact) mass is 373 g/mol. The van der Waals surface area contributed by atoms with E-state index in [9.17, 15) is 26.7 Å². The topological polar surface area (TPSA) is 38.1 Å². The number of imidazole rings is 1. The van der Waals surface area contributed by atoms with Gasteiger partial charge in [0.25, 0.3) is 0 Å². The molecule has 1 aliphatic heterocycles. The zero-order valence-corrected chi connectivity index (χ0v) is 13.7. The van der Waals surface area contributed by atoms with Crippen molar-refractivity contribution in [2.45, 2.75) is 38.5 Å². The number of aryl methyl sites for hydroxylation is 1. The summed E-state index contributed by atoms with van der Waals surface area (Å²) >= 11 is 0. The molecule has 0 saturated carbocycles. The fraction of sp³-hybridized carbons (Fsp3) is 0.412. The van der Waals surface area contributed by atoms with Gasteiger partial charge in [-0.1, -0.05) is 6.07 Å². The molecule has 1 aliphatic rings. The lowest BCUT2D eigenvalue weighted by Gasteiger charge is -2.27. The Morgan fingerprint density at radius 2 is 1.92 bits per heavy atom. The highest BCUT2D eigenvalue weighted by atomic mass is 19.4. The zero-order valence-electron chi connectivity index (χ0n) is 13.7. The first-order valence-corrected chi connectivity index (χ1v) is 8.09. The molecule has 1 aromatic carbocycles. The number of benzene rings is 1. The van der Waals surface area contributed by atoms with Crippen molar-refractivity contribution < 1.29 is 26.7 Å². The Kier molecular flexibility index (Phi) is 4.97. The lowest BCUT2D eigenvalue weighted by atomic mass is 10.1. The van der Waals surface area contributed by atoms with Crippen LogP contribution >= 0.6 is 0 Å². The fourth-order valence-electron chi connectivity index (χ4n) is 2.90. The maximum Gasteiger partial charge on any atom is 0.434 e. The number of hydrogen-bond donors (Lipinski definition) is 0. The highest BCUT2D eigenvalue weighted by Gasteiger charge is 2.36. The van der Waals surface area contributed by atoms with Crippen molar-refractivity contribution in [2.24, 2.45) is 0 Å². The van der Waals surface area contributed by atoms with E-state index in [4.69, 9.17) is 0 Å². The number of amides is 1. The highest BCUT2D eigenvalue weighted by molar-refractivity contribution is 5.76. The van der Waals surface area contributed by atoms with Crippen LogP contribution in [0.3, 0.4) is 0 Å². The molecular formula is C17H16F5N3O. The summed E-state index contributed by atoms with van der Waals surface area (Å²) in [6.45, 7) is 0.595. The Morgan fingerprint density at radius 3 is 2.62 bits per heavy atom. The zero-order chi connectivity index (χ0) is 18.9. The average molecular weight is 373 g/mol. The van der Waals surface area contributed by atoms with Gasteiger partial charge in [-0.3, -0.25) is 4.79 Å². The number of carbonyl (C=O) groups is 1. The Hall–Kier alpha value is -2.45. The molecule has 0 unspecified atom stereocenters. The molecule has 2 aromatic rings. The van der Waals surface area contributed by atoms with E-state index < -0.39 is 23.5 Å². The number of nitrogens with zero attached hydrogens (tertiary/aromatic N) is 3. The summed E-state index contributed by atoms with van der Waals surface area (Å²) in [6, 6.07) is 3.59. The number of hydrogen-bond acceptors (Lipinski definition) is 2. The van der Waals surface area contributed by atoms with E-state index in [1.54, 1.807) is 0 Å². The van der Waals surface area contributed by atoms with Crippen molar-refractivity contribution in [3.05, 3.63) is 53.1 Å². The molecule has 0 atom stereocenters. The third kappa shape index (κ3) is 4.03. The number of halogens is 5. The number of aromatic nitrogens is 2. The lowest BCUT2D eigenvalue weighted by Crippen LogP contribution is -2.38. The first kappa shape index (κ1) is 18.3. The van der Waals surface area contributed by atoms with Crippen LogP contribution in [0.5, 0.6) is 0 Å². The molecule has 0 N–H and O–H groups in total. The predicted molar refractivity (Wildman–Crippen MR) is 81.9 cm³/mol. The van der Waals surface area contributed by atoms with Gasteiger partial charge in [-0.05, 0) is 30.5 Å². The van der Waals surface area contributed by atoms with Crippen molar-refractivity contribution in [1.82, 2.24) is 14.5 Å². The largest absolute Gasteiger partial charge is 0.434 e. The van der Waals surface area contributed by atoms with E-state index in [0.29, 0.717) is 24.9 Å². The van der Waals surface area contributed by atoms with Crippen LogP contribution < -0.4 is 0 Å². The molecule has 0 spiro atoms. The van der Waals surface area contributed by atoms with E-state index in [1.807, 2.05) is 0 Å². The standard InChI is InChI=1S/C17H16F5N3O/c18-12-5-4-11(8-13(12)19)2-1-3-16(26)25-7-6-24-9-14(17(20,21)22)23-15(24)10-25/h4-5,8-9H,1-3,6-7,10H2. The second-order valence-corrected chi connectivity index (χ2v) is 6.15. The average Bonchev–Trinajstić information content (AvgIpc) is 3.01. The van der Waals surface area contributed by atoms with Crippen molar-refractivity contribution in [1.29, 1.82) is 0 Å². The van der Waals surface area contributed by atoms with E-state index >= 15 is 0 Å². The van der Waals surface area contributed by atoms with Crippen LogP contribution in [0.15, 0.2) is 24.4 Å². The molecule has 0 fully saturated rings. The molecule has 4 nitrogen and oxygen atoms in total. The minimum absolute atomic E-state index is 0.0279. The van der Waals surface area contributed by atoms with Gasteiger partial charge in [0.15, 0.2) is 17.3 Å². The maximum absolute atomic E-state index is 13.1. The van der Waals surface area contributed by atoms with Gasteiger partial charge in [-0.25, -0.2) is 13.8 Å². The minimum Gasteiger partial charge on any atom is -0.333 e. The molecule has 0 aliphatic carbocycles. The summed E-state index contributed by atoms with van der Waals surface area (Å²) in [7, 11) is 0. The first-order valence-electron chi connectivity index (χ1n) is 8.09. The molecular weight excluding hydrogens is 357 g/mol. The van der Waals surface area contributed by atoms with Crippen LogP contribution in [0.1, 0.15) is 29.9 Å². The summed E-state index contributed by atoms with van der Waals surface area (Å²) < 4.78 is 65.5. The van der Waals surface area contributed by atoms with Crippen molar-refractivity contribution in [3.63, 3.8) is 0 Å². The van der Waals surface area contributed by atoms with Crippen LogP contribution in [-0.4, -0.2) is 26.9 Å². The van der Waals surface area contributed by atoms with E-state index in [2.05, 4.69) is 4.98 Å². The fourth-order valence-corrected chi connectivity index (χ4v) is 2.90. The van der Waals surface area contributed by atoms with Gasteiger partial charge < -0.3 is 9.47 Å². The van der Waals surface area contributed by atoms with Gasteiger partial charge >= 0.3 is 6.18 Å². The Labute approximate surface area is 146 Å². The SMILES string of the molecule is O=C(CCCc1ccc(F)c(F)c1)N1CCn2cc(C(F)(F)F)nc2C1. The van der Waals surface area contributed by atoms with E-state index in [1.165, 1.54) is 15.5 Å². The van der Waals surface area contributed by atoms with E-state index in [0.717, 1.165) is 18.3 Å². The van der Waals surface area contributed by atoms with Gasteiger partial charge in [-0.2, -0.15) is 13.2 Å². The molecule has 9 heteroatoms. The smallest absolute Gasteiger partial charge is 0.333 e. The van der Waals surface area contributed by atoms with Crippen molar-refractivity contribution in [2.75, 3.05) is 6.54 Å². The summed E-state index contributed by atoms with van der Waals surface area (Å²) in [5, 5.41) is 0. The maximum atomic E-state index is 13.1. The minimum atomic E-state index is -4.51. The van der Waals surface area contributed by atoms with Crippen molar-refractivity contribution >= 4 is 5.91 Å². The Morgan fingerprint density at radius 1 is 1.15 bits per heavy atom. The summed E-state index contributed by atoms with van der Waals surface area (Å²) in [4.78, 5) is 17.3. The molecule has 0 saturated heterocycles. The summed E-state index contributed by atoms with van der Waals surface area (Å²) in [5.41, 5.74) is -0.374. The van der Waals surface area contributed by atoms with Crippen LogP contribution in [0.4, 0.5) is 22.0 Å². The summed E-state index contributed by atoms with van der Waals surface area (Å²) in [6.07, 6.45) is -2.54. The quantitative estimate of drug-likeness (QED) is 0.769. The van der Waals surface area contributed by atoms with Crippen LogP contribution in [0.2, 0.25) is 0 Å². The number of fused-ring (bicyclic) bond motifs is 1. The molecule has 140 valence electrons. The van der Waals surface area contributed by atoms with Crippen LogP contribution in [0, 0.1) is 11.6 Å². The van der Waals surface area contributed by atoms with Gasteiger partial charge in [-0.15, -0.1) is 0 Å². The van der Waals surface area contributed by atoms with E-state index in [-0.39, 0.29) is 31.2 Å². The third-order valence-corrected chi connectivity index (χ3v) is 4.29. The van der Waals surface area contributed by atoms with Gasteiger partial charge in [0.05, 0.1) is 6.54 Å². The lowest BCUT2D eigenvalue weighted by molar-refractivity contribution is -0.141. The number of rotatable bonds is 4. The second-order valence-electron chi connectivity index (χ2n) is 6.15. The highest BCUT2D eigenvalue weighted by Crippen LogP contribution is 2.29. The number of carbonyl (C=O) groups excluding carboxylic acids is 1. The molecule has 2 heterocycles. The Bertz CT molecular complexity index is 815. The normalized spacial score (nSPS) is 14.4. The summed E-state index contributed by atoms with van der Waals surface area (Å²) in [5.74, 6) is -1.85. The molecule has 3 rings (SSSR count). The van der Waals surface area contributed by atoms with Crippen LogP contribution in [0.25, 0.3) is 0 Å². The molecule has 0 radical (unpaired) electrons. The second kappa shape index (κ2) is 7.05. The van der Waals surface area contributed by atoms with Gasteiger partial charge in [0, 0.05) is 25.7 Å². The molecule has 1 amide bonds. The molecule has 26 heavy (non-hydrogen) atoms. The predicted octanol–water partition coefficient (Wildman–Crippen LogP) is 3.55.